The summed E-state index contributed by atoms with van der Waals surface area (Å²) in [5, 5.41) is 0. The normalized spacial score (nSPS) is 23.1. The third kappa shape index (κ3) is 2.35. The molecule has 0 saturated carbocycles. The number of carbonyl (C=O) groups is 1. The van der Waals surface area contributed by atoms with Crippen LogP contribution in [-0.2, 0) is 14.3 Å². The molecule has 3 nitrogen and oxygen atoms in total. The van der Waals surface area contributed by atoms with Crippen molar-refractivity contribution >= 4 is 5.97 Å². The third-order valence-corrected chi connectivity index (χ3v) is 1.54. The van der Waals surface area contributed by atoms with Crippen LogP contribution in [0, 0.1) is 0 Å². The predicted molar refractivity (Wildman–Crippen MR) is 40.1 cm³/mol. The molecule has 0 aromatic heterocycles. The predicted octanol–water partition coefficient (Wildman–Crippen LogP) is 0.895. The van der Waals surface area contributed by atoms with Crippen molar-refractivity contribution in [1.29, 1.82) is 0 Å². The van der Waals surface area contributed by atoms with E-state index in [2.05, 4.69) is 6.58 Å². The van der Waals surface area contributed by atoms with E-state index in [1.54, 1.807) is 6.08 Å². The minimum absolute atomic E-state index is 0.262. The van der Waals surface area contributed by atoms with Crippen LogP contribution in [0.4, 0.5) is 0 Å². The van der Waals surface area contributed by atoms with E-state index in [0.717, 1.165) is 12.8 Å². The fourth-order valence-electron chi connectivity index (χ4n) is 0.998. The van der Waals surface area contributed by atoms with Crippen LogP contribution in [0.1, 0.15) is 12.8 Å². The van der Waals surface area contributed by atoms with Crippen molar-refractivity contribution in [1.82, 2.24) is 0 Å². The third-order valence-electron chi connectivity index (χ3n) is 1.54. The number of esters is 1. The van der Waals surface area contributed by atoms with Crippen LogP contribution >= 0.6 is 0 Å². The largest absolute Gasteiger partial charge is 0.460 e. The van der Waals surface area contributed by atoms with Crippen molar-refractivity contribution in [3.63, 3.8) is 0 Å². The number of ether oxygens (including phenoxy) is 2. The molecule has 62 valence electrons. The van der Waals surface area contributed by atoms with E-state index >= 15 is 0 Å². The van der Waals surface area contributed by atoms with Gasteiger partial charge in [-0.05, 0) is 12.8 Å². The minimum Gasteiger partial charge on any atom is -0.460 e. The highest BCUT2D eigenvalue weighted by molar-refractivity contribution is 5.74. The van der Waals surface area contributed by atoms with Gasteiger partial charge in [0.05, 0.1) is 0 Å². The Morgan fingerprint density at radius 2 is 2.64 bits per heavy atom. The van der Waals surface area contributed by atoms with E-state index in [1.807, 2.05) is 0 Å². The van der Waals surface area contributed by atoms with Crippen LogP contribution in [0.2, 0.25) is 0 Å². The monoisotopic (exact) mass is 156 g/mol. The van der Waals surface area contributed by atoms with Crippen molar-refractivity contribution in [2.75, 3.05) is 13.2 Å². The molecule has 0 aromatic rings. The Morgan fingerprint density at radius 1 is 1.82 bits per heavy atom. The molecule has 0 aromatic carbocycles. The first kappa shape index (κ1) is 8.27. The second kappa shape index (κ2) is 4.13. The van der Waals surface area contributed by atoms with Crippen LogP contribution in [0.5, 0.6) is 0 Å². The quantitative estimate of drug-likeness (QED) is 0.449. The van der Waals surface area contributed by atoms with Crippen LogP contribution in [0.3, 0.4) is 0 Å². The van der Waals surface area contributed by atoms with Gasteiger partial charge in [0, 0.05) is 6.61 Å². The van der Waals surface area contributed by atoms with Crippen LogP contribution in [0.15, 0.2) is 12.7 Å². The molecule has 1 heterocycles. The van der Waals surface area contributed by atoms with Gasteiger partial charge >= 0.3 is 5.97 Å². The first-order chi connectivity index (χ1) is 5.34. The lowest BCUT2D eigenvalue weighted by Crippen LogP contribution is -2.22. The van der Waals surface area contributed by atoms with E-state index in [-0.39, 0.29) is 18.7 Å². The van der Waals surface area contributed by atoms with Gasteiger partial charge in [-0.25, -0.2) is 4.79 Å². The summed E-state index contributed by atoms with van der Waals surface area (Å²) in [7, 11) is 0. The van der Waals surface area contributed by atoms with Crippen molar-refractivity contribution in [3.8, 4) is 0 Å². The van der Waals surface area contributed by atoms with Crippen LogP contribution in [-0.4, -0.2) is 25.3 Å². The summed E-state index contributed by atoms with van der Waals surface area (Å²) in [5.41, 5.74) is 0. The van der Waals surface area contributed by atoms with Gasteiger partial charge in [-0.2, -0.15) is 0 Å². The lowest BCUT2D eigenvalue weighted by Gasteiger charge is -2.06. The molecule has 0 radical (unpaired) electrons. The maximum absolute atomic E-state index is 11.0. The number of hydrogen-bond acceptors (Lipinski definition) is 3. The summed E-state index contributed by atoms with van der Waals surface area (Å²) in [6, 6.07) is 0. The van der Waals surface area contributed by atoms with E-state index < -0.39 is 0 Å². The minimum atomic E-state index is -0.324. The molecule has 1 rings (SSSR count). The fraction of sp³-hybridized carbons (Fsp3) is 0.625. The standard InChI is InChI=1S/C8H12O3/c1-2-5-11-8(9)7-4-3-6-10-7/h2,7H,1,3-6H2/t7-/m0/s1. The summed E-state index contributed by atoms with van der Waals surface area (Å²) in [4.78, 5) is 11.0. The summed E-state index contributed by atoms with van der Waals surface area (Å²) in [5.74, 6) is -0.262. The Bertz CT molecular complexity index is 147. The molecule has 11 heavy (non-hydrogen) atoms. The molecular formula is C8H12O3. The number of carbonyl (C=O) groups excluding carboxylic acids is 1. The van der Waals surface area contributed by atoms with Crippen LogP contribution < -0.4 is 0 Å². The average Bonchev–Trinajstić information content (AvgIpc) is 2.52. The molecule has 1 atom stereocenters. The molecule has 0 N–H and O–H groups in total. The highest BCUT2D eigenvalue weighted by Gasteiger charge is 2.24. The summed E-state index contributed by atoms with van der Waals surface area (Å²) in [6.45, 7) is 4.39. The lowest BCUT2D eigenvalue weighted by atomic mass is 10.2. The molecule has 0 amide bonds. The van der Waals surface area contributed by atoms with Crippen molar-refractivity contribution < 1.29 is 14.3 Å². The summed E-state index contributed by atoms with van der Waals surface area (Å²) in [6.07, 6.45) is 2.96. The molecule has 1 saturated heterocycles. The molecule has 0 spiro atoms. The zero-order chi connectivity index (χ0) is 8.10. The van der Waals surface area contributed by atoms with Gasteiger partial charge < -0.3 is 9.47 Å². The molecule has 0 aliphatic carbocycles. The first-order valence-electron chi connectivity index (χ1n) is 3.73. The fourth-order valence-corrected chi connectivity index (χ4v) is 0.998. The van der Waals surface area contributed by atoms with Gasteiger partial charge in [0.15, 0.2) is 6.10 Å². The average molecular weight is 156 g/mol. The Labute approximate surface area is 66.0 Å². The van der Waals surface area contributed by atoms with Gasteiger partial charge in [0.2, 0.25) is 0 Å². The Hall–Kier alpha value is -0.830. The number of rotatable bonds is 3. The molecule has 0 bridgehead atoms. The lowest BCUT2D eigenvalue weighted by molar-refractivity contribution is -0.152. The molecule has 3 heteroatoms. The van der Waals surface area contributed by atoms with Gasteiger partial charge in [-0.3, -0.25) is 0 Å². The van der Waals surface area contributed by atoms with E-state index in [4.69, 9.17) is 9.47 Å². The SMILES string of the molecule is C=CCOC(=O)[C@@H]1CCCO1. The van der Waals surface area contributed by atoms with Crippen molar-refractivity contribution in [2.24, 2.45) is 0 Å². The Balaban J connectivity index is 2.22. The van der Waals surface area contributed by atoms with E-state index in [1.165, 1.54) is 0 Å². The zero-order valence-corrected chi connectivity index (χ0v) is 6.41. The Kier molecular flexibility index (Phi) is 3.11. The molecule has 1 aliphatic heterocycles. The number of hydrogen-bond donors (Lipinski definition) is 0. The smallest absolute Gasteiger partial charge is 0.335 e. The molecule has 1 aliphatic rings. The second-order valence-corrected chi connectivity index (χ2v) is 2.42. The first-order valence-corrected chi connectivity index (χ1v) is 3.73. The van der Waals surface area contributed by atoms with Gasteiger partial charge in [0.1, 0.15) is 6.61 Å². The topological polar surface area (TPSA) is 35.5 Å². The second-order valence-electron chi connectivity index (χ2n) is 2.42. The van der Waals surface area contributed by atoms with Crippen molar-refractivity contribution in [2.45, 2.75) is 18.9 Å². The van der Waals surface area contributed by atoms with Crippen molar-refractivity contribution in [3.05, 3.63) is 12.7 Å². The molecule has 0 unspecified atom stereocenters. The Morgan fingerprint density at radius 3 is 3.18 bits per heavy atom. The molecular weight excluding hydrogens is 144 g/mol. The highest BCUT2D eigenvalue weighted by atomic mass is 16.6. The zero-order valence-electron chi connectivity index (χ0n) is 6.41. The van der Waals surface area contributed by atoms with Gasteiger partial charge in [0.25, 0.3) is 0 Å². The summed E-state index contributed by atoms with van der Waals surface area (Å²) >= 11 is 0. The highest BCUT2D eigenvalue weighted by Crippen LogP contribution is 2.12. The van der Waals surface area contributed by atoms with E-state index in [9.17, 15) is 4.79 Å². The van der Waals surface area contributed by atoms with Crippen LogP contribution in [0.25, 0.3) is 0 Å². The molecule has 1 fully saturated rings. The summed E-state index contributed by atoms with van der Waals surface area (Å²) < 4.78 is 9.90. The maximum atomic E-state index is 11.0. The maximum Gasteiger partial charge on any atom is 0.335 e. The van der Waals surface area contributed by atoms with Gasteiger partial charge in [-0.15, -0.1) is 0 Å². The van der Waals surface area contributed by atoms with Gasteiger partial charge in [-0.1, -0.05) is 12.7 Å². The van der Waals surface area contributed by atoms with E-state index in [0.29, 0.717) is 6.61 Å².